The van der Waals surface area contributed by atoms with Gasteiger partial charge in [-0.15, -0.1) is 0 Å². The lowest BCUT2D eigenvalue weighted by molar-refractivity contribution is -0.135. The van der Waals surface area contributed by atoms with E-state index < -0.39 is 12.0 Å². The number of carbonyl (C=O) groups excluding carboxylic acids is 2. The van der Waals surface area contributed by atoms with Crippen LogP contribution in [-0.4, -0.2) is 31.1 Å². The largest absolute Gasteiger partial charge is 0.484 e. The molecule has 2 N–H and O–H groups in total. The lowest BCUT2D eigenvalue weighted by Crippen LogP contribution is -2.47. The van der Waals surface area contributed by atoms with Gasteiger partial charge in [0.05, 0.1) is 0 Å². The Balaban J connectivity index is 1.73. The Morgan fingerprint density at radius 3 is 2.57 bits per heavy atom. The normalized spacial score (nSPS) is 17.3. The van der Waals surface area contributed by atoms with Crippen molar-refractivity contribution >= 4 is 11.8 Å². The molecule has 6 heteroatoms. The smallest absolute Gasteiger partial charge is 0.276 e. The monoisotopic (exact) mass is 292 g/mol. The average molecular weight is 292 g/mol. The number of ether oxygens (including phenoxy) is 2. The molecule has 1 aromatic rings. The van der Waals surface area contributed by atoms with E-state index in [0.717, 1.165) is 17.5 Å². The molecule has 0 unspecified atom stereocenters. The summed E-state index contributed by atoms with van der Waals surface area (Å²) in [7, 11) is 0. The van der Waals surface area contributed by atoms with Crippen LogP contribution in [-0.2, 0) is 14.3 Å². The molecule has 1 aromatic carbocycles. The maximum absolute atomic E-state index is 11.6. The standard InChI is InChI=1S/C15H20N2O4/c1-10-6-11(2)8-12(7-10)21-9-14(18)16-17-15(19)13-4-3-5-20-13/h6-8,13H,3-5,9H2,1-2H3,(H,16,18)(H,17,19)/t13-/m1/s1. The number of hydrazine groups is 1. The van der Waals surface area contributed by atoms with Crippen LogP contribution in [0, 0.1) is 13.8 Å². The summed E-state index contributed by atoms with van der Waals surface area (Å²) in [5.41, 5.74) is 6.79. The van der Waals surface area contributed by atoms with Crippen molar-refractivity contribution < 1.29 is 19.1 Å². The summed E-state index contributed by atoms with van der Waals surface area (Å²) in [4.78, 5) is 23.2. The molecule has 1 aliphatic rings. The molecule has 21 heavy (non-hydrogen) atoms. The van der Waals surface area contributed by atoms with E-state index in [4.69, 9.17) is 9.47 Å². The van der Waals surface area contributed by atoms with Gasteiger partial charge in [0, 0.05) is 6.61 Å². The second-order valence-corrected chi connectivity index (χ2v) is 5.15. The SMILES string of the molecule is Cc1cc(C)cc(OCC(=O)NNC(=O)[C@H]2CCCO2)c1. The molecular formula is C15H20N2O4. The van der Waals surface area contributed by atoms with Crippen LogP contribution in [0.2, 0.25) is 0 Å². The van der Waals surface area contributed by atoms with Crippen molar-refractivity contribution in [1.29, 1.82) is 0 Å². The van der Waals surface area contributed by atoms with Gasteiger partial charge in [-0.05, 0) is 49.9 Å². The predicted octanol–water partition coefficient (Wildman–Crippen LogP) is 1.01. The molecule has 0 aliphatic carbocycles. The van der Waals surface area contributed by atoms with Gasteiger partial charge in [-0.3, -0.25) is 20.4 Å². The molecule has 2 rings (SSSR count). The number of rotatable bonds is 4. The number of nitrogens with one attached hydrogen (secondary N) is 2. The number of aryl methyl sites for hydroxylation is 2. The maximum Gasteiger partial charge on any atom is 0.276 e. The van der Waals surface area contributed by atoms with Crippen molar-refractivity contribution in [2.45, 2.75) is 32.8 Å². The second-order valence-electron chi connectivity index (χ2n) is 5.15. The zero-order valence-electron chi connectivity index (χ0n) is 12.3. The van der Waals surface area contributed by atoms with Crippen LogP contribution in [0.15, 0.2) is 18.2 Å². The van der Waals surface area contributed by atoms with Gasteiger partial charge in [-0.25, -0.2) is 0 Å². The third-order valence-electron chi connectivity index (χ3n) is 3.11. The number of amides is 2. The maximum atomic E-state index is 11.6. The van der Waals surface area contributed by atoms with Crippen molar-refractivity contribution in [3.05, 3.63) is 29.3 Å². The molecule has 0 aromatic heterocycles. The Morgan fingerprint density at radius 1 is 1.24 bits per heavy atom. The Kier molecular flexibility index (Phi) is 5.16. The van der Waals surface area contributed by atoms with Crippen LogP contribution in [0.3, 0.4) is 0 Å². The van der Waals surface area contributed by atoms with E-state index >= 15 is 0 Å². The van der Waals surface area contributed by atoms with E-state index in [0.29, 0.717) is 18.8 Å². The molecular weight excluding hydrogens is 272 g/mol. The van der Waals surface area contributed by atoms with E-state index in [-0.39, 0.29) is 12.5 Å². The minimum Gasteiger partial charge on any atom is -0.484 e. The van der Waals surface area contributed by atoms with Gasteiger partial charge < -0.3 is 9.47 Å². The van der Waals surface area contributed by atoms with E-state index in [1.807, 2.05) is 32.0 Å². The van der Waals surface area contributed by atoms with Gasteiger partial charge >= 0.3 is 0 Å². The fourth-order valence-corrected chi connectivity index (χ4v) is 2.20. The Hall–Kier alpha value is -2.08. The Bertz CT molecular complexity index is 504. The van der Waals surface area contributed by atoms with Crippen molar-refractivity contribution in [3.8, 4) is 5.75 Å². The summed E-state index contributed by atoms with van der Waals surface area (Å²) >= 11 is 0. The molecule has 6 nitrogen and oxygen atoms in total. The summed E-state index contributed by atoms with van der Waals surface area (Å²) in [6.45, 7) is 4.35. The van der Waals surface area contributed by atoms with Gasteiger partial charge in [0.2, 0.25) is 0 Å². The molecule has 0 spiro atoms. The zero-order valence-corrected chi connectivity index (χ0v) is 12.3. The highest BCUT2D eigenvalue weighted by Crippen LogP contribution is 2.16. The minimum absolute atomic E-state index is 0.158. The van der Waals surface area contributed by atoms with Gasteiger partial charge in [-0.1, -0.05) is 6.07 Å². The number of hydrogen-bond donors (Lipinski definition) is 2. The highest BCUT2D eigenvalue weighted by atomic mass is 16.5. The summed E-state index contributed by atoms with van der Waals surface area (Å²) in [5.74, 6) is -0.110. The zero-order chi connectivity index (χ0) is 15.2. The molecule has 1 atom stereocenters. The quantitative estimate of drug-likeness (QED) is 0.812. The van der Waals surface area contributed by atoms with E-state index in [1.54, 1.807) is 0 Å². The third kappa shape index (κ3) is 4.75. The lowest BCUT2D eigenvalue weighted by Gasteiger charge is -2.12. The fraction of sp³-hybridized carbons (Fsp3) is 0.467. The first-order chi connectivity index (χ1) is 10.0. The summed E-state index contributed by atoms with van der Waals surface area (Å²) in [6, 6.07) is 5.73. The average Bonchev–Trinajstić information content (AvgIpc) is 2.95. The molecule has 1 aliphatic heterocycles. The highest BCUT2D eigenvalue weighted by Gasteiger charge is 2.23. The van der Waals surface area contributed by atoms with Crippen LogP contribution in [0.4, 0.5) is 0 Å². The van der Waals surface area contributed by atoms with Crippen LogP contribution in [0.5, 0.6) is 5.75 Å². The van der Waals surface area contributed by atoms with Crippen molar-refractivity contribution in [3.63, 3.8) is 0 Å². The third-order valence-corrected chi connectivity index (χ3v) is 3.11. The van der Waals surface area contributed by atoms with Crippen molar-refractivity contribution in [2.24, 2.45) is 0 Å². The first-order valence-corrected chi connectivity index (χ1v) is 6.96. The molecule has 1 fully saturated rings. The highest BCUT2D eigenvalue weighted by molar-refractivity contribution is 5.85. The van der Waals surface area contributed by atoms with E-state index in [2.05, 4.69) is 10.9 Å². The molecule has 2 amide bonds. The fourth-order valence-electron chi connectivity index (χ4n) is 2.20. The van der Waals surface area contributed by atoms with Gasteiger partial charge in [0.1, 0.15) is 11.9 Å². The van der Waals surface area contributed by atoms with E-state index in [9.17, 15) is 9.59 Å². The van der Waals surface area contributed by atoms with Gasteiger partial charge in [0.15, 0.2) is 6.61 Å². The summed E-state index contributed by atoms with van der Waals surface area (Å²) in [5, 5.41) is 0. The lowest BCUT2D eigenvalue weighted by atomic mass is 10.1. The molecule has 1 saturated heterocycles. The predicted molar refractivity (Wildman–Crippen MR) is 76.7 cm³/mol. The summed E-state index contributed by atoms with van der Waals surface area (Å²) in [6.07, 6.45) is 1.08. The van der Waals surface area contributed by atoms with Gasteiger partial charge in [0.25, 0.3) is 11.8 Å². The minimum atomic E-state index is -0.467. The number of benzene rings is 1. The first-order valence-electron chi connectivity index (χ1n) is 6.96. The number of hydrogen-bond acceptors (Lipinski definition) is 4. The summed E-state index contributed by atoms with van der Waals surface area (Å²) < 4.78 is 10.6. The molecule has 0 saturated carbocycles. The topological polar surface area (TPSA) is 76.7 Å². The molecule has 0 bridgehead atoms. The molecule has 1 heterocycles. The van der Waals surface area contributed by atoms with E-state index in [1.165, 1.54) is 0 Å². The van der Waals surface area contributed by atoms with Crippen LogP contribution in [0.25, 0.3) is 0 Å². The van der Waals surface area contributed by atoms with Crippen LogP contribution < -0.4 is 15.6 Å². The first kappa shape index (κ1) is 15.3. The second kappa shape index (κ2) is 7.08. The van der Waals surface area contributed by atoms with Crippen molar-refractivity contribution in [2.75, 3.05) is 13.2 Å². The van der Waals surface area contributed by atoms with Crippen LogP contribution >= 0.6 is 0 Å². The molecule has 0 radical (unpaired) electrons. The van der Waals surface area contributed by atoms with Crippen molar-refractivity contribution in [1.82, 2.24) is 10.9 Å². The van der Waals surface area contributed by atoms with Crippen LogP contribution in [0.1, 0.15) is 24.0 Å². The Morgan fingerprint density at radius 2 is 1.95 bits per heavy atom. The number of carbonyl (C=O) groups is 2. The Labute approximate surface area is 123 Å². The van der Waals surface area contributed by atoms with Gasteiger partial charge in [-0.2, -0.15) is 0 Å². The molecule has 114 valence electrons.